The minimum absolute atomic E-state index is 0.119. The molecule has 2 aliphatic heterocycles. The summed E-state index contributed by atoms with van der Waals surface area (Å²) in [4.78, 5) is 1.48. The average Bonchev–Trinajstić information content (AvgIpc) is 2.41. The summed E-state index contributed by atoms with van der Waals surface area (Å²) in [6, 6.07) is 0.397. The van der Waals surface area contributed by atoms with Gasteiger partial charge in [-0.15, -0.1) is 0 Å². The molecule has 0 bridgehead atoms. The van der Waals surface area contributed by atoms with Crippen LogP contribution in [0, 0.1) is 0 Å². The Morgan fingerprint density at radius 2 is 1.71 bits per heavy atom. The van der Waals surface area contributed by atoms with Crippen LogP contribution in [0.3, 0.4) is 0 Å². The third-order valence-corrected chi connectivity index (χ3v) is 5.29. The predicted molar refractivity (Wildman–Crippen MR) is 53.7 cm³/mol. The molecule has 0 aromatic carbocycles. The smallest absolute Gasteiger partial charge is 0.162 e. The quantitative estimate of drug-likeness (QED) is 0.511. The zero-order valence-corrected chi connectivity index (χ0v) is 9.35. The van der Waals surface area contributed by atoms with Gasteiger partial charge in [-0.25, -0.2) is 8.42 Å². The van der Waals surface area contributed by atoms with E-state index in [0.29, 0.717) is 11.5 Å². The summed E-state index contributed by atoms with van der Waals surface area (Å²) >= 11 is 0. The van der Waals surface area contributed by atoms with Crippen molar-refractivity contribution in [2.75, 3.05) is 24.6 Å². The molecule has 2 rings (SSSR count). The highest BCUT2D eigenvalue weighted by atomic mass is 32.2. The first-order valence-electron chi connectivity index (χ1n) is 5.46. The maximum absolute atomic E-state index is 11.4. The standard InChI is InChI=1S/C9H18N2O2S/c10-8-6-14(12,13)7-9(8)11-4-2-1-3-5-11/h8-9H,1-7,10H2/p+2/t8-,9-/m1/s1. The van der Waals surface area contributed by atoms with E-state index in [1.807, 2.05) is 0 Å². The Balaban J connectivity index is 2.04. The fourth-order valence-corrected chi connectivity index (χ4v) is 4.82. The normalized spacial score (nSPS) is 38.6. The molecular weight excluding hydrogens is 200 g/mol. The molecule has 82 valence electrons. The van der Waals surface area contributed by atoms with Crippen molar-refractivity contribution in [1.29, 1.82) is 0 Å². The molecule has 0 unspecified atom stereocenters. The molecule has 0 radical (unpaired) electrons. The fraction of sp³-hybridized carbons (Fsp3) is 1.00. The lowest BCUT2D eigenvalue weighted by Crippen LogP contribution is -3.19. The van der Waals surface area contributed by atoms with Gasteiger partial charge in [0.15, 0.2) is 21.9 Å². The van der Waals surface area contributed by atoms with Crippen LogP contribution in [-0.2, 0) is 9.84 Å². The van der Waals surface area contributed by atoms with Crippen LogP contribution in [0.15, 0.2) is 0 Å². The summed E-state index contributed by atoms with van der Waals surface area (Å²) in [6.07, 6.45) is 3.81. The predicted octanol–water partition coefficient (Wildman–Crippen LogP) is -2.54. The van der Waals surface area contributed by atoms with E-state index in [-0.39, 0.29) is 12.1 Å². The summed E-state index contributed by atoms with van der Waals surface area (Å²) in [5.41, 5.74) is 3.99. The Kier molecular flexibility index (Phi) is 2.81. The molecule has 0 aromatic rings. The molecule has 2 fully saturated rings. The zero-order chi connectivity index (χ0) is 10.2. The van der Waals surface area contributed by atoms with E-state index in [2.05, 4.69) is 5.73 Å². The molecule has 0 amide bonds. The van der Waals surface area contributed by atoms with Gasteiger partial charge in [0.25, 0.3) is 0 Å². The minimum Gasteiger partial charge on any atom is -0.349 e. The topological polar surface area (TPSA) is 66.2 Å². The second kappa shape index (κ2) is 3.79. The fourth-order valence-electron chi connectivity index (χ4n) is 2.75. The third kappa shape index (κ3) is 2.10. The van der Waals surface area contributed by atoms with E-state index >= 15 is 0 Å². The number of hydrogen-bond donors (Lipinski definition) is 2. The van der Waals surface area contributed by atoms with E-state index in [1.165, 1.54) is 24.2 Å². The second-order valence-electron chi connectivity index (χ2n) is 4.66. The molecule has 4 N–H and O–H groups in total. The third-order valence-electron chi connectivity index (χ3n) is 3.49. The molecule has 2 heterocycles. The largest absolute Gasteiger partial charge is 0.349 e. The zero-order valence-electron chi connectivity index (χ0n) is 8.54. The Hall–Kier alpha value is -0.130. The van der Waals surface area contributed by atoms with Crippen LogP contribution in [0.25, 0.3) is 0 Å². The highest BCUT2D eigenvalue weighted by Gasteiger charge is 2.44. The lowest BCUT2D eigenvalue weighted by molar-refractivity contribution is -0.936. The molecule has 2 atom stereocenters. The first kappa shape index (κ1) is 10.4. The molecule has 2 saturated heterocycles. The van der Waals surface area contributed by atoms with Gasteiger partial charge in [-0.1, -0.05) is 0 Å². The van der Waals surface area contributed by atoms with Crippen molar-refractivity contribution in [2.45, 2.75) is 31.3 Å². The highest BCUT2D eigenvalue weighted by Crippen LogP contribution is 2.08. The van der Waals surface area contributed by atoms with Gasteiger partial charge in [-0.05, 0) is 19.3 Å². The number of likely N-dealkylation sites (tertiary alicyclic amines) is 1. The van der Waals surface area contributed by atoms with Crippen molar-refractivity contribution in [3.8, 4) is 0 Å². The van der Waals surface area contributed by atoms with Crippen molar-refractivity contribution in [3.63, 3.8) is 0 Å². The molecular formula is C9H20N2O2S+2. The number of sulfone groups is 1. The summed E-state index contributed by atoms with van der Waals surface area (Å²) in [5, 5.41) is 0. The number of quaternary nitrogens is 2. The lowest BCUT2D eigenvalue weighted by Gasteiger charge is -2.29. The van der Waals surface area contributed by atoms with E-state index in [9.17, 15) is 8.42 Å². The number of rotatable bonds is 1. The van der Waals surface area contributed by atoms with Gasteiger partial charge in [-0.2, -0.15) is 0 Å². The van der Waals surface area contributed by atoms with Crippen LogP contribution in [0.5, 0.6) is 0 Å². The van der Waals surface area contributed by atoms with Crippen molar-refractivity contribution in [3.05, 3.63) is 0 Å². The van der Waals surface area contributed by atoms with Crippen molar-refractivity contribution in [2.24, 2.45) is 0 Å². The molecule has 0 aromatic heterocycles. The Labute approximate surface area is 85.4 Å². The molecule has 0 spiro atoms. The van der Waals surface area contributed by atoms with E-state index in [4.69, 9.17) is 0 Å². The van der Waals surface area contributed by atoms with Gasteiger partial charge in [0.2, 0.25) is 0 Å². The van der Waals surface area contributed by atoms with E-state index in [0.717, 1.165) is 13.1 Å². The van der Waals surface area contributed by atoms with Crippen LogP contribution in [0.1, 0.15) is 19.3 Å². The van der Waals surface area contributed by atoms with Gasteiger partial charge < -0.3 is 10.6 Å². The number of nitrogens with one attached hydrogen (secondary N) is 1. The average molecular weight is 220 g/mol. The van der Waals surface area contributed by atoms with Crippen LogP contribution in [-0.4, -0.2) is 45.1 Å². The molecule has 14 heavy (non-hydrogen) atoms. The van der Waals surface area contributed by atoms with Gasteiger partial charge in [0.05, 0.1) is 13.1 Å². The number of piperidine rings is 1. The van der Waals surface area contributed by atoms with Gasteiger partial charge in [0.1, 0.15) is 11.5 Å². The minimum atomic E-state index is -2.78. The maximum atomic E-state index is 11.4. The Bertz CT molecular complexity index is 296. The first-order valence-corrected chi connectivity index (χ1v) is 7.29. The van der Waals surface area contributed by atoms with Crippen LogP contribution >= 0.6 is 0 Å². The molecule has 4 nitrogen and oxygen atoms in total. The van der Waals surface area contributed by atoms with E-state index < -0.39 is 9.84 Å². The highest BCUT2D eigenvalue weighted by molar-refractivity contribution is 7.91. The monoisotopic (exact) mass is 220 g/mol. The van der Waals surface area contributed by atoms with Gasteiger partial charge in [0, 0.05) is 0 Å². The molecule has 5 heteroatoms. The number of hydrogen-bond acceptors (Lipinski definition) is 2. The first-order chi connectivity index (χ1) is 6.58. The Morgan fingerprint density at radius 1 is 1.07 bits per heavy atom. The summed E-state index contributed by atoms with van der Waals surface area (Å²) < 4.78 is 22.9. The van der Waals surface area contributed by atoms with Crippen molar-refractivity contribution >= 4 is 9.84 Å². The summed E-state index contributed by atoms with van der Waals surface area (Å²) in [7, 11) is -2.78. The summed E-state index contributed by atoms with van der Waals surface area (Å²) in [6.45, 7) is 2.29. The van der Waals surface area contributed by atoms with Gasteiger partial charge in [-0.3, -0.25) is 0 Å². The molecule has 2 aliphatic rings. The lowest BCUT2D eigenvalue weighted by atomic mass is 10.1. The second-order valence-corrected chi connectivity index (χ2v) is 6.82. The van der Waals surface area contributed by atoms with Crippen molar-refractivity contribution in [1.82, 2.24) is 0 Å². The Morgan fingerprint density at radius 3 is 2.21 bits per heavy atom. The van der Waals surface area contributed by atoms with Gasteiger partial charge >= 0.3 is 0 Å². The maximum Gasteiger partial charge on any atom is 0.162 e. The van der Waals surface area contributed by atoms with Crippen LogP contribution < -0.4 is 10.6 Å². The van der Waals surface area contributed by atoms with Crippen LogP contribution in [0.4, 0.5) is 0 Å². The molecule has 0 aliphatic carbocycles. The molecule has 0 saturated carbocycles. The van der Waals surface area contributed by atoms with E-state index in [1.54, 1.807) is 0 Å². The SMILES string of the molecule is [NH3+][C@@H]1CS(=O)(=O)C[C@H]1[NH+]1CCCCC1. The summed E-state index contributed by atoms with van der Waals surface area (Å²) in [5.74, 6) is 0.678. The van der Waals surface area contributed by atoms with Crippen LogP contribution in [0.2, 0.25) is 0 Å². The van der Waals surface area contributed by atoms with Crippen molar-refractivity contribution < 1.29 is 19.1 Å².